The van der Waals surface area contributed by atoms with Gasteiger partial charge in [0, 0.05) is 47.7 Å². The first-order valence-corrected chi connectivity index (χ1v) is 15.6. The molecule has 3 aromatic heterocycles. The molecule has 0 radical (unpaired) electrons. The summed E-state index contributed by atoms with van der Waals surface area (Å²) in [7, 11) is -1.79. The van der Waals surface area contributed by atoms with Crippen LogP contribution in [0.5, 0.6) is 0 Å². The normalized spacial score (nSPS) is 12.6. The second kappa shape index (κ2) is 10.5. The molecule has 0 saturated carbocycles. The number of nitrogens with one attached hydrogen (secondary N) is 2. The monoisotopic (exact) mass is 549 g/mol. The molecule has 0 unspecified atom stereocenters. The van der Waals surface area contributed by atoms with Gasteiger partial charge in [-0.3, -0.25) is 9.67 Å². The molecule has 3 N–H and O–H groups in total. The molecule has 1 aromatic carbocycles. The van der Waals surface area contributed by atoms with Gasteiger partial charge >= 0.3 is 0 Å². The molecule has 0 bridgehead atoms. The number of benzene rings is 1. The fourth-order valence-corrected chi connectivity index (χ4v) is 5.28. The first kappa shape index (κ1) is 26.7. The van der Waals surface area contributed by atoms with Gasteiger partial charge in [-0.15, -0.1) is 5.10 Å². The van der Waals surface area contributed by atoms with Gasteiger partial charge in [0.05, 0.1) is 41.1 Å². The molecule has 194 valence electrons. The second-order valence-corrected chi connectivity index (χ2v) is 15.9. The van der Waals surface area contributed by atoms with Crippen LogP contribution in [0.15, 0.2) is 30.9 Å². The number of aliphatic hydroxyl groups excluding tert-OH is 1. The summed E-state index contributed by atoms with van der Waals surface area (Å²) >= 11 is 13.4. The number of aromatic amines is 1. The van der Waals surface area contributed by atoms with E-state index < -0.39 is 8.32 Å². The molecule has 0 atom stereocenters. The largest absolute Gasteiger partial charge is 0.417 e. The minimum absolute atomic E-state index is 0.0325. The molecule has 4 rings (SSSR count). The highest BCUT2D eigenvalue weighted by atomic mass is 35.5. The molecule has 0 amide bonds. The Bertz CT molecular complexity index is 1330. The number of hydrogen-bond acceptors (Lipinski definition) is 6. The third-order valence-electron chi connectivity index (χ3n) is 6.78. The second-order valence-electron chi connectivity index (χ2n) is 10.3. The number of hydrogen-bond donors (Lipinski definition) is 3. The Morgan fingerprint density at radius 1 is 1.22 bits per heavy atom. The summed E-state index contributed by atoms with van der Waals surface area (Å²) in [6, 6.07) is 1.86. The van der Waals surface area contributed by atoms with Crippen molar-refractivity contribution in [3.05, 3.63) is 40.9 Å². The summed E-state index contributed by atoms with van der Waals surface area (Å²) in [4.78, 5) is 0. The molecule has 4 aromatic rings. The van der Waals surface area contributed by atoms with Gasteiger partial charge in [0.15, 0.2) is 14.1 Å². The Morgan fingerprint density at radius 3 is 2.67 bits per heavy atom. The van der Waals surface area contributed by atoms with E-state index in [9.17, 15) is 5.11 Å². The van der Waals surface area contributed by atoms with Crippen molar-refractivity contribution in [2.45, 2.75) is 51.9 Å². The predicted molar refractivity (Wildman–Crippen MR) is 148 cm³/mol. The Morgan fingerprint density at radius 2 is 2.00 bits per heavy atom. The van der Waals surface area contributed by atoms with Crippen LogP contribution in [0.4, 0.5) is 5.69 Å². The lowest BCUT2D eigenvalue weighted by molar-refractivity contribution is 0.268. The number of H-pyrrole nitrogens is 1. The van der Waals surface area contributed by atoms with Crippen LogP contribution >= 0.6 is 23.2 Å². The van der Waals surface area contributed by atoms with E-state index in [0.717, 1.165) is 34.1 Å². The zero-order chi connectivity index (χ0) is 26.1. The quantitative estimate of drug-likeness (QED) is 0.172. The van der Waals surface area contributed by atoms with Crippen LogP contribution in [0.3, 0.4) is 0 Å². The summed E-state index contributed by atoms with van der Waals surface area (Å²) < 4.78 is 9.78. The average Bonchev–Trinajstić information content (AvgIpc) is 3.55. The first-order valence-electron chi connectivity index (χ1n) is 11.9. The maximum Gasteiger partial charge on any atom is 0.191 e. The van der Waals surface area contributed by atoms with Crippen molar-refractivity contribution in [3.8, 4) is 16.9 Å². The highest BCUT2D eigenvalue weighted by molar-refractivity contribution is 6.74. The summed E-state index contributed by atoms with van der Waals surface area (Å²) in [5.41, 5.74) is 3.42. The molecule has 0 saturated heterocycles. The maximum atomic E-state index is 9.26. The molecular weight excluding hydrogens is 517 g/mol. The molecule has 36 heavy (non-hydrogen) atoms. The van der Waals surface area contributed by atoms with Crippen LogP contribution in [-0.2, 0) is 11.0 Å². The fourth-order valence-electron chi connectivity index (χ4n) is 3.76. The Labute approximate surface area is 221 Å². The highest BCUT2D eigenvalue weighted by Crippen LogP contribution is 2.43. The minimum Gasteiger partial charge on any atom is -0.417 e. The standard InChI is InChI=1S/C24H33Cl2N7O2Si/c1-24(2,3)36(4,5)35-10-6-7-27-19-11-18(25)22(26)23-21(19)17(16-12-28-29-13-16)14-33(23)20-15-32(8-9-34)31-30-20/h11-15,27,34H,6-10H2,1-5H3,(H,28,29). The molecule has 3 heterocycles. The van der Waals surface area contributed by atoms with Crippen molar-refractivity contribution in [2.75, 3.05) is 25.1 Å². The number of aliphatic hydroxyl groups is 1. The van der Waals surface area contributed by atoms with Gasteiger partial charge < -0.3 is 14.8 Å². The van der Waals surface area contributed by atoms with Crippen LogP contribution in [0.25, 0.3) is 27.8 Å². The van der Waals surface area contributed by atoms with E-state index in [1.54, 1.807) is 17.1 Å². The Kier molecular flexibility index (Phi) is 7.82. The van der Waals surface area contributed by atoms with Gasteiger partial charge in [0.25, 0.3) is 0 Å². The molecule has 9 nitrogen and oxygen atoms in total. The number of rotatable bonds is 10. The van der Waals surface area contributed by atoms with E-state index in [0.29, 0.717) is 35.6 Å². The lowest BCUT2D eigenvalue weighted by atomic mass is 10.1. The Balaban J connectivity index is 1.68. The molecule has 0 aliphatic rings. The lowest BCUT2D eigenvalue weighted by Crippen LogP contribution is -2.41. The molecule has 0 aliphatic carbocycles. The third kappa shape index (κ3) is 5.33. The van der Waals surface area contributed by atoms with E-state index in [1.165, 1.54) is 0 Å². The van der Waals surface area contributed by atoms with E-state index in [-0.39, 0.29) is 11.6 Å². The summed E-state index contributed by atoms with van der Waals surface area (Å²) in [5.74, 6) is 0.570. The van der Waals surface area contributed by atoms with Gasteiger partial charge in [0.1, 0.15) is 0 Å². The molecule has 0 spiro atoms. The zero-order valence-corrected chi connectivity index (χ0v) is 23.8. The minimum atomic E-state index is -1.79. The number of anilines is 1. The van der Waals surface area contributed by atoms with Crippen LogP contribution in [-0.4, -0.2) is 62.9 Å². The average molecular weight is 551 g/mol. The molecular formula is C24H33Cl2N7O2Si. The van der Waals surface area contributed by atoms with Crippen molar-refractivity contribution in [2.24, 2.45) is 0 Å². The van der Waals surface area contributed by atoms with Gasteiger partial charge in [0.2, 0.25) is 0 Å². The SMILES string of the molecule is CC(C)(C)[Si](C)(C)OCCCNc1cc(Cl)c(Cl)c2c1c(-c1cn[nH]c1)cn2-c1cn(CCO)nn1. The topological polar surface area (TPSA) is 106 Å². The van der Waals surface area contributed by atoms with Crippen molar-refractivity contribution in [1.82, 2.24) is 29.8 Å². The molecule has 12 heteroatoms. The van der Waals surface area contributed by atoms with E-state index in [2.05, 4.69) is 59.7 Å². The summed E-state index contributed by atoms with van der Waals surface area (Å²) in [6.07, 6.45) is 8.17. The predicted octanol–water partition coefficient (Wildman–Crippen LogP) is 5.74. The lowest BCUT2D eigenvalue weighted by Gasteiger charge is -2.36. The number of nitrogens with zero attached hydrogens (tertiary/aromatic N) is 5. The van der Waals surface area contributed by atoms with Crippen LogP contribution < -0.4 is 5.32 Å². The summed E-state index contributed by atoms with van der Waals surface area (Å²) in [6.45, 7) is 13.0. The summed E-state index contributed by atoms with van der Waals surface area (Å²) in [5, 5.41) is 30.2. The van der Waals surface area contributed by atoms with Crippen LogP contribution in [0, 0.1) is 0 Å². The maximum absolute atomic E-state index is 9.26. The highest BCUT2D eigenvalue weighted by Gasteiger charge is 2.36. The van der Waals surface area contributed by atoms with Gasteiger partial charge in [-0.05, 0) is 30.6 Å². The van der Waals surface area contributed by atoms with Crippen molar-refractivity contribution >= 4 is 48.1 Å². The molecule has 0 fully saturated rings. The van der Waals surface area contributed by atoms with Crippen molar-refractivity contribution in [1.29, 1.82) is 0 Å². The van der Waals surface area contributed by atoms with Gasteiger partial charge in [-0.1, -0.05) is 49.2 Å². The van der Waals surface area contributed by atoms with E-state index in [1.807, 2.05) is 23.0 Å². The number of fused-ring (bicyclic) bond motifs is 1. The zero-order valence-electron chi connectivity index (χ0n) is 21.3. The van der Waals surface area contributed by atoms with E-state index in [4.69, 9.17) is 27.6 Å². The number of aromatic nitrogens is 6. The Hall–Kier alpha value is -2.37. The van der Waals surface area contributed by atoms with Crippen molar-refractivity contribution in [3.63, 3.8) is 0 Å². The van der Waals surface area contributed by atoms with Gasteiger partial charge in [-0.25, -0.2) is 4.68 Å². The van der Waals surface area contributed by atoms with Crippen LogP contribution in [0.1, 0.15) is 27.2 Å². The van der Waals surface area contributed by atoms with Gasteiger partial charge in [-0.2, -0.15) is 5.10 Å². The number of halogens is 2. The van der Waals surface area contributed by atoms with Crippen LogP contribution in [0.2, 0.25) is 28.2 Å². The van der Waals surface area contributed by atoms with E-state index >= 15 is 0 Å². The fraction of sp³-hybridized carbons (Fsp3) is 0.458. The van der Waals surface area contributed by atoms with Crippen molar-refractivity contribution < 1.29 is 9.53 Å². The molecule has 0 aliphatic heterocycles. The first-order chi connectivity index (χ1) is 17.0. The smallest absolute Gasteiger partial charge is 0.191 e. The third-order valence-corrected chi connectivity index (χ3v) is 12.1.